The summed E-state index contributed by atoms with van der Waals surface area (Å²) in [4.78, 5) is 38.7. The van der Waals surface area contributed by atoms with Gasteiger partial charge in [-0.05, 0) is 27.2 Å². The van der Waals surface area contributed by atoms with E-state index < -0.39 is 11.7 Å². The number of amides is 1. The summed E-state index contributed by atoms with van der Waals surface area (Å²) in [6.45, 7) is 7.79. The lowest BCUT2D eigenvalue weighted by molar-refractivity contribution is 0.0131. The summed E-state index contributed by atoms with van der Waals surface area (Å²) in [5.41, 5.74) is -0.0269. The number of rotatable bonds is 1. The van der Waals surface area contributed by atoms with Crippen LogP contribution >= 0.6 is 0 Å². The normalized spacial score (nSPS) is 17.8. The van der Waals surface area contributed by atoms with Crippen LogP contribution in [0.15, 0.2) is 9.59 Å². The van der Waals surface area contributed by atoms with Crippen molar-refractivity contribution < 1.29 is 9.53 Å². The number of nitrogens with zero attached hydrogens (tertiary/aromatic N) is 3. The lowest BCUT2D eigenvalue weighted by Crippen LogP contribution is -2.50. The number of aromatic nitrogens is 2. The molecule has 0 radical (unpaired) electrons. The summed E-state index contributed by atoms with van der Waals surface area (Å²) < 4.78 is 8.06. The standard InChI is InChI=1S/C16H25N3O4/c1-7-10-12-11(17(5)14(21)18(6)13(12)20)8-9-19(10)15(22)23-16(2,3)4/h10H,7-9H2,1-6H3. The van der Waals surface area contributed by atoms with Crippen LogP contribution in [0.4, 0.5) is 4.79 Å². The lowest BCUT2D eigenvalue weighted by atomic mass is 9.96. The Morgan fingerprint density at radius 1 is 1.22 bits per heavy atom. The zero-order valence-electron chi connectivity index (χ0n) is 14.7. The molecular weight excluding hydrogens is 298 g/mol. The van der Waals surface area contributed by atoms with Gasteiger partial charge in [0.05, 0.1) is 11.6 Å². The van der Waals surface area contributed by atoms with Crippen LogP contribution < -0.4 is 11.2 Å². The fourth-order valence-electron chi connectivity index (χ4n) is 3.05. The Morgan fingerprint density at radius 3 is 2.35 bits per heavy atom. The zero-order valence-corrected chi connectivity index (χ0v) is 14.7. The van der Waals surface area contributed by atoms with E-state index in [4.69, 9.17) is 4.74 Å². The molecule has 1 aromatic rings. The minimum Gasteiger partial charge on any atom is -0.444 e. The van der Waals surface area contributed by atoms with E-state index in [1.165, 1.54) is 11.6 Å². The summed E-state index contributed by atoms with van der Waals surface area (Å²) in [7, 11) is 3.13. The molecular formula is C16H25N3O4. The quantitative estimate of drug-likeness (QED) is 0.781. The molecule has 0 aromatic carbocycles. The monoisotopic (exact) mass is 323 g/mol. The van der Waals surface area contributed by atoms with E-state index >= 15 is 0 Å². The fraction of sp³-hybridized carbons (Fsp3) is 0.688. The van der Waals surface area contributed by atoms with Gasteiger partial charge in [-0.15, -0.1) is 0 Å². The maximum atomic E-state index is 12.6. The van der Waals surface area contributed by atoms with Crippen LogP contribution in [0.1, 0.15) is 51.4 Å². The zero-order chi connectivity index (χ0) is 17.5. The summed E-state index contributed by atoms with van der Waals surface area (Å²) in [6.07, 6.45) is 0.623. The van der Waals surface area contributed by atoms with Crippen LogP contribution in [-0.4, -0.2) is 32.3 Å². The van der Waals surface area contributed by atoms with Gasteiger partial charge in [-0.3, -0.25) is 9.36 Å². The first kappa shape index (κ1) is 17.3. The van der Waals surface area contributed by atoms with Crippen molar-refractivity contribution in [2.75, 3.05) is 6.54 Å². The van der Waals surface area contributed by atoms with Gasteiger partial charge in [0.15, 0.2) is 0 Å². The molecule has 1 amide bonds. The number of hydrogen-bond acceptors (Lipinski definition) is 4. The highest BCUT2D eigenvalue weighted by Crippen LogP contribution is 2.30. The van der Waals surface area contributed by atoms with Gasteiger partial charge in [0, 0.05) is 32.8 Å². The Balaban J connectivity index is 2.53. The molecule has 7 nitrogen and oxygen atoms in total. The molecule has 0 N–H and O–H groups in total. The van der Waals surface area contributed by atoms with E-state index in [2.05, 4.69) is 0 Å². The molecule has 2 rings (SSSR count). The molecule has 1 aliphatic rings. The molecule has 128 valence electrons. The molecule has 0 aliphatic carbocycles. The first-order valence-electron chi connectivity index (χ1n) is 7.87. The Bertz CT molecular complexity index is 739. The number of fused-ring (bicyclic) bond motifs is 1. The van der Waals surface area contributed by atoms with Crippen LogP contribution in [0.25, 0.3) is 0 Å². The van der Waals surface area contributed by atoms with E-state index in [-0.39, 0.29) is 17.3 Å². The number of carbonyl (C=O) groups is 1. The molecule has 23 heavy (non-hydrogen) atoms. The molecule has 1 aliphatic heterocycles. The highest BCUT2D eigenvalue weighted by molar-refractivity contribution is 5.69. The third-order valence-electron chi connectivity index (χ3n) is 4.14. The average molecular weight is 323 g/mol. The van der Waals surface area contributed by atoms with Crippen LogP contribution in [0, 0.1) is 0 Å². The van der Waals surface area contributed by atoms with Crippen molar-refractivity contribution in [2.45, 2.75) is 52.2 Å². The topological polar surface area (TPSA) is 73.5 Å². The van der Waals surface area contributed by atoms with Gasteiger partial charge < -0.3 is 14.2 Å². The molecule has 1 atom stereocenters. The minimum absolute atomic E-state index is 0.330. The van der Waals surface area contributed by atoms with E-state index in [9.17, 15) is 14.4 Å². The number of hydrogen-bond donors (Lipinski definition) is 0. The maximum absolute atomic E-state index is 12.6. The predicted molar refractivity (Wildman–Crippen MR) is 86.6 cm³/mol. The Kier molecular flexibility index (Phi) is 4.41. The second-order valence-electron chi connectivity index (χ2n) is 6.91. The summed E-state index contributed by atoms with van der Waals surface area (Å²) >= 11 is 0. The van der Waals surface area contributed by atoms with Gasteiger partial charge >= 0.3 is 11.8 Å². The molecule has 1 aromatic heterocycles. The summed E-state index contributed by atoms with van der Waals surface area (Å²) in [6, 6.07) is -0.376. The van der Waals surface area contributed by atoms with Gasteiger partial charge in [-0.25, -0.2) is 9.59 Å². The van der Waals surface area contributed by atoms with Gasteiger partial charge in [0.1, 0.15) is 5.60 Å². The predicted octanol–water partition coefficient (Wildman–Crippen LogP) is 1.33. The van der Waals surface area contributed by atoms with Crippen molar-refractivity contribution in [3.8, 4) is 0 Å². The number of carbonyl (C=O) groups excluding carboxylic acids is 1. The van der Waals surface area contributed by atoms with Crippen molar-refractivity contribution in [2.24, 2.45) is 14.1 Å². The Morgan fingerprint density at radius 2 is 1.83 bits per heavy atom. The molecule has 7 heteroatoms. The third-order valence-corrected chi connectivity index (χ3v) is 4.14. The molecule has 0 saturated heterocycles. The highest BCUT2D eigenvalue weighted by Gasteiger charge is 2.36. The van der Waals surface area contributed by atoms with Crippen LogP contribution in [0.3, 0.4) is 0 Å². The fourth-order valence-corrected chi connectivity index (χ4v) is 3.05. The molecule has 0 bridgehead atoms. The van der Waals surface area contributed by atoms with Crippen LogP contribution in [0.5, 0.6) is 0 Å². The van der Waals surface area contributed by atoms with E-state index in [0.717, 1.165) is 4.57 Å². The molecule has 0 saturated carbocycles. The lowest BCUT2D eigenvalue weighted by Gasteiger charge is -2.37. The van der Waals surface area contributed by atoms with Gasteiger partial charge in [0.2, 0.25) is 0 Å². The van der Waals surface area contributed by atoms with Gasteiger partial charge in [-0.1, -0.05) is 6.92 Å². The van der Waals surface area contributed by atoms with Crippen molar-refractivity contribution in [1.82, 2.24) is 14.0 Å². The maximum Gasteiger partial charge on any atom is 0.410 e. The van der Waals surface area contributed by atoms with E-state index in [0.29, 0.717) is 30.6 Å². The van der Waals surface area contributed by atoms with Gasteiger partial charge in [0.25, 0.3) is 5.56 Å². The van der Waals surface area contributed by atoms with Crippen molar-refractivity contribution >= 4 is 6.09 Å². The van der Waals surface area contributed by atoms with Crippen LogP contribution in [0.2, 0.25) is 0 Å². The Hall–Kier alpha value is -2.05. The Labute approximate surface area is 135 Å². The first-order chi connectivity index (χ1) is 10.6. The summed E-state index contributed by atoms with van der Waals surface area (Å²) in [5, 5.41) is 0. The smallest absolute Gasteiger partial charge is 0.410 e. The van der Waals surface area contributed by atoms with E-state index in [1.807, 2.05) is 27.7 Å². The van der Waals surface area contributed by atoms with Crippen molar-refractivity contribution in [1.29, 1.82) is 0 Å². The largest absolute Gasteiger partial charge is 0.444 e. The molecule has 0 fully saturated rings. The first-order valence-corrected chi connectivity index (χ1v) is 7.87. The molecule has 1 unspecified atom stereocenters. The molecule has 0 spiro atoms. The van der Waals surface area contributed by atoms with E-state index in [1.54, 1.807) is 11.9 Å². The number of ether oxygens (including phenoxy) is 1. The van der Waals surface area contributed by atoms with Gasteiger partial charge in [-0.2, -0.15) is 0 Å². The third kappa shape index (κ3) is 3.04. The van der Waals surface area contributed by atoms with Crippen LogP contribution in [-0.2, 0) is 25.3 Å². The SMILES string of the molecule is CCC1c2c(n(C)c(=O)n(C)c2=O)CCN1C(=O)OC(C)(C)C. The van der Waals surface area contributed by atoms with Crippen molar-refractivity contribution in [3.63, 3.8) is 0 Å². The van der Waals surface area contributed by atoms with Crippen molar-refractivity contribution in [3.05, 3.63) is 32.1 Å². The minimum atomic E-state index is -0.593. The average Bonchev–Trinajstić information content (AvgIpc) is 2.47. The second kappa shape index (κ2) is 5.86. The summed E-state index contributed by atoms with van der Waals surface area (Å²) in [5.74, 6) is 0. The molecule has 2 heterocycles. The second-order valence-corrected chi connectivity index (χ2v) is 6.91. The highest BCUT2D eigenvalue weighted by atomic mass is 16.6.